The molecule has 1 aliphatic rings. The summed E-state index contributed by atoms with van der Waals surface area (Å²) in [6.07, 6.45) is 3.64. The number of likely N-dealkylation sites (tertiary alicyclic amines) is 1. The average Bonchev–Trinajstić information content (AvgIpc) is 2.76. The zero-order valence-electron chi connectivity index (χ0n) is 20.9. The Hall–Kier alpha value is -2.86. The van der Waals surface area contributed by atoms with Gasteiger partial charge in [0.05, 0.1) is 18.2 Å². The minimum atomic E-state index is -0.483. The first-order valence-electron chi connectivity index (χ1n) is 12.1. The molecule has 2 aromatic rings. The van der Waals surface area contributed by atoms with Crippen LogP contribution in [0.4, 0.5) is 10.1 Å². The Bertz CT molecular complexity index is 1010. The number of nitrogens with zero attached hydrogens (tertiary/aromatic N) is 1. The van der Waals surface area contributed by atoms with Gasteiger partial charge >= 0.3 is 5.97 Å². The molecule has 0 aliphatic carbocycles. The van der Waals surface area contributed by atoms with Gasteiger partial charge in [0.25, 0.3) is 0 Å². The molecule has 1 saturated heterocycles. The normalized spacial score (nSPS) is 21.4. The van der Waals surface area contributed by atoms with Crippen LogP contribution in [0.1, 0.15) is 53.0 Å². The van der Waals surface area contributed by atoms with Crippen molar-refractivity contribution in [3.8, 4) is 5.75 Å². The SMILES string of the molecule is CCOC(=O)C(C)=C[C@@]1(Nc2cccc(F)c2)CCN(Cc2cccc(OC(C)C)c2)[C@@H](C)C1. The van der Waals surface area contributed by atoms with Crippen molar-refractivity contribution in [3.63, 3.8) is 0 Å². The summed E-state index contributed by atoms with van der Waals surface area (Å²) in [4.78, 5) is 14.8. The van der Waals surface area contributed by atoms with Crippen LogP contribution in [0.15, 0.2) is 60.2 Å². The Labute approximate surface area is 202 Å². The van der Waals surface area contributed by atoms with E-state index in [9.17, 15) is 9.18 Å². The number of hydrogen-bond acceptors (Lipinski definition) is 5. The maximum absolute atomic E-state index is 13.9. The third kappa shape index (κ3) is 7.07. The van der Waals surface area contributed by atoms with Crippen molar-refractivity contribution in [2.75, 3.05) is 18.5 Å². The lowest BCUT2D eigenvalue weighted by Crippen LogP contribution is -2.52. The molecule has 5 nitrogen and oxygen atoms in total. The molecular weight excluding hydrogens is 431 g/mol. The molecule has 0 unspecified atom stereocenters. The number of carbonyl (C=O) groups excluding carboxylic acids is 1. The van der Waals surface area contributed by atoms with Gasteiger partial charge in [0, 0.05) is 30.4 Å². The summed E-state index contributed by atoms with van der Waals surface area (Å²) in [5.41, 5.74) is 1.98. The standard InChI is InChI=1S/C28H37FN2O3/c1-6-33-27(32)21(4)17-28(30-25-11-8-10-24(29)16-25)13-14-31(22(5)18-28)19-23-9-7-12-26(15-23)34-20(2)3/h7-12,15-17,20,22,30H,6,13-14,18-19H2,1-5H3/t22-,28-/m0/s1. The van der Waals surface area contributed by atoms with E-state index in [1.54, 1.807) is 19.9 Å². The number of halogens is 1. The summed E-state index contributed by atoms with van der Waals surface area (Å²) < 4.78 is 24.9. The monoisotopic (exact) mass is 468 g/mol. The van der Waals surface area contributed by atoms with Crippen LogP contribution in [0.2, 0.25) is 0 Å². The Morgan fingerprint density at radius 1 is 1.26 bits per heavy atom. The van der Waals surface area contributed by atoms with E-state index in [-0.39, 0.29) is 23.9 Å². The molecule has 3 rings (SSSR count). The van der Waals surface area contributed by atoms with Crippen molar-refractivity contribution in [1.82, 2.24) is 4.90 Å². The smallest absolute Gasteiger partial charge is 0.333 e. The highest BCUT2D eigenvalue weighted by Crippen LogP contribution is 2.34. The van der Waals surface area contributed by atoms with E-state index in [4.69, 9.17) is 9.47 Å². The lowest BCUT2D eigenvalue weighted by molar-refractivity contribution is -0.138. The van der Waals surface area contributed by atoms with E-state index >= 15 is 0 Å². The summed E-state index contributed by atoms with van der Waals surface area (Å²) in [5.74, 6) is 0.271. The highest BCUT2D eigenvalue weighted by molar-refractivity contribution is 5.88. The van der Waals surface area contributed by atoms with Crippen LogP contribution in [0.3, 0.4) is 0 Å². The molecule has 184 valence electrons. The molecule has 0 saturated carbocycles. The van der Waals surface area contributed by atoms with Crippen LogP contribution in [0, 0.1) is 5.82 Å². The lowest BCUT2D eigenvalue weighted by atomic mass is 9.81. The first-order valence-corrected chi connectivity index (χ1v) is 12.1. The van der Waals surface area contributed by atoms with Gasteiger partial charge in [-0.25, -0.2) is 9.18 Å². The quantitative estimate of drug-likeness (QED) is 0.364. The van der Waals surface area contributed by atoms with Crippen LogP contribution >= 0.6 is 0 Å². The number of nitrogens with one attached hydrogen (secondary N) is 1. The van der Waals surface area contributed by atoms with Crippen LogP contribution in [-0.4, -0.2) is 41.7 Å². The van der Waals surface area contributed by atoms with Crippen LogP contribution in [0.25, 0.3) is 0 Å². The Kier molecular flexibility index (Phi) is 8.72. The van der Waals surface area contributed by atoms with Gasteiger partial charge in [-0.1, -0.05) is 18.2 Å². The summed E-state index contributed by atoms with van der Waals surface area (Å²) in [7, 11) is 0. The molecule has 0 aromatic heterocycles. The summed E-state index contributed by atoms with van der Waals surface area (Å²) >= 11 is 0. The number of ether oxygens (including phenoxy) is 2. The molecule has 1 N–H and O–H groups in total. The fourth-order valence-electron chi connectivity index (χ4n) is 4.63. The van der Waals surface area contributed by atoms with Gasteiger partial charge in [-0.2, -0.15) is 0 Å². The Balaban J connectivity index is 1.80. The van der Waals surface area contributed by atoms with E-state index in [1.165, 1.54) is 17.7 Å². The fraction of sp³-hybridized carbons (Fsp3) is 0.464. The molecule has 0 amide bonds. The molecule has 0 bridgehead atoms. The van der Waals surface area contributed by atoms with Crippen LogP contribution < -0.4 is 10.1 Å². The molecule has 2 atom stereocenters. The summed E-state index contributed by atoms with van der Waals surface area (Å²) in [6, 6.07) is 14.9. The van der Waals surface area contributed by atoms with Crippen molar-refractivity contribution < 1.29 is 18.7 Å². The third-order valence-corrected chi connectivity index (χ3v) is 6.09. The van der Waals surface area contributed by atoms with Crippen LogP contribution in [0.5, 0.6) is 5.75 Å². The number of hydrogen-bond donors (Lipinski definition) is 1. The molecule has 1 heterocycles. The summed E-state index contributed by atoms with van der Waals surface area (Å²) in [5, 5.41) is 3.54. The second-order valence-electron chi connectivity index (χ2n) is 9.43. The third-order valence-electron chi connectivity index (χ3n) is 6.09. The first-order chi connectivity index (χ1) is 16.2. The van der Waals surface area contributed by atoms with Crippen molar-refractivity contribution in [1.29, 1.82) is 0 Å². The Morgan fingerprint density at radius 2 is 2.03 bits per heavy atom. The van der Waals surface area contributed by atoms with E-state index in [0.29, 0.717) is 17.9 Å². The van der Waals surface area contributed by atoms with Crippen molar-refractivity contribution in [2.24, 2.45) is 0 Å². The highest BCUT2D eigenvalue weighted by Gasteiger charge is 2.37. The minimum Gasteiger partial charge on any atom is -0.491 e. The zero-order valence-corrected chi connectivity index (χ0v) is 20.9. The molecule has 34 heavy (non-hydrogen) atoms. The van der Waals surface area contributed by atoms with E-state index in [2.05, 4.69) is 29.3 Å². The lowest BCUT2D eigenvalue weighted by Gasteiger charge is -2.45. The minimum absolute atomic E-state index is 0.132. The molecule has 1 fully saturated rings. The number of anilines is 1. The average molecular weight is 469 g/mol. The number of esters is 1. The second-order valence-corrected chi connectivity index (χ2v) is 9.43. The van der Waals surface area contributed by atoms with Gasteiger partial charge < -0.3 is 14.8 Å². The zero-order chi connectivity index (χ0) is 24.7. The van der Waals surface area contributed by atoms with Gasteiger partial charge in [0.2, 0.25) is 0 Å². The van der Waals surface area contributed by atoms with Crippen molar-refractivity contribution in [3.05, 3.63) is 71.6 Å². The summed E-state index contributed by atoms with van der Waals surface area (Å²) in [6.45, 7) is 11.8. The van der Waals surface area contributed by atoms with Crippen molar-refractivity contribution >= 4 is 11.7 Å². The topological polar surface area (TPSA) is 50.8 Å². The molecule has 1 aliphatic heterocycles. The van der Waals surface area contributed by atoms with Crippen LogP contribution in [-0.2, 0) is 16.1 Å². The van der Waals surface area contributed by atoms with E-state index < -0.39 is 5.54 Å². The second kappa shape index (κ2) is 11.5. The highest BCUT2D eigenvalue weighted by atomic mass is 19.1. The predicted molar refractivity (Wildman–Crippen MR) is 134 cm³/mol. The maximum atomic E-state index is 13.9. The predicted octanol–water partition coefficient (Wildman–Crippen LogP) is 5.96. The van der Waals surface area contributed by atoms with E-state index in [1.807, 2.05) is 38.1 Å². The Morgan fingerprint density at radius 3 is 2.71 bits per heavy atom. The first kappa shape index (κ1) is 25.8. The fourth-order valence-corrected chi connectivity index (χ4v) is 4.63. The van der Waals surface area contributed by atoms with Gasteiger partial charge in [-0.15, -0.1) is 0 Å². The molecule has 6 heteroatoms. The van der Waals surface area contributed by atoms with Gasteiger partial charge in [-0.3, -0.25) is 4.90 Å². The number of piperidine rings is 1. The maximum Gasteiger partial charge on any atom is 0.333 e. The molecular formula is C28H37FN2O3. The number of rotatable bonds is 9. The molecule has 0 spiro atoms. The number of benzene rings is 2. The van der Waals surface area contributed by atoms with E-state index in [0.717, 1.165) is 31.7 Å². The largest absolute Gasteiger partial charge is 0.491 e. The number of carbonyl (C=O) groups is 1. The van der Waals surface area contributed by atoms with Gasteiger partial charge in [0.1, 0.15) is 11.6 Å². The van der Waals surface area contributed by atoms with Crippen molar-refractivity contribution in [2.45, 2.75) is 71.7 Å². The molecule has 2 aromatic carbocycles. The molecule has 0 radical (unpaired) electrons. The van der Waals surface area contributed by atoms with Gasteiger partial charge in [0.15, 0.2) is 0 Å². The van der Waals surface area contributed by atoms with Gasteiger partial charge in [-0.05, 0) is 89.4 Å².